The van der Waals surface area contributed by atoms with Gasteiger partial charge in [0, 0.05) is 29.0 Å². The molecule has 2 aromatic carbocycles. The van der Waals surface area contributed by atoms with Gasteiger partial charge in [0.15, 0.2) is 10.8 Å². The molecule has 34 heavy (non-hydrogen) atoms. The molecule has 2 aromatic heterocycles. The third-order valence-corrected chi connectivity index (χ3v) is 5.30. The number of halogens is 3. The predicted octanol–water partition coefficient (Wildman–Crippen LogP) is 6.11. The van der Waals surface area contributed by atoms with Crippen LogP contribution >= 0.6 is 11.3 Å². The Morgan fingerprint density at radius 1 is 1.09 bits per heavy atom. The summed E-state index contributed by atoms with van der Waals surface area (Å²) in [5.41, 5.74) is 1.38. The third kappa shape index (κ3) is 5.55. The molecule has 0 radical (unpaired) electrons. The van der Waals surface area contributed by atoms with Crippen LogP contribution in [0, 0.1) is 6.92 Å². The van der Waals surface area contributed by atoms with Crippen molar-refractivity contribution < 1.29 is 18.0 Å². The molecule has 12 heteroatoms. The highest BCUT2D eigenvalue weighted by molar-refractivity contribution is 7.13. The molecule has 0 spiro atoms. The van der Waals surface area contributed by atoms with Crippen molar-refractivity contribution in [1.82, 2.24) is 19.9 Å². The van der Waals surface area contributed by atoms with Gasteiger partial charge < -0.3 is 5.32 Å². The second kappa shape index (κ2) is 9.69. The van der Waals surface area contributed by atoms with Crippen molar-refractivity contribution in [3.05, 3.63) is 83.0 Å². The summed E-state index contributed by atoms with van der Waals surface area (Å²) < 4.78 is 38.5. The van der Waals surface area contributed by atoms with E-state index in [2.05, 4.69) is 35.4 Å². The first kappa shape index (κ1) is 22.9. The van der Waals surface area contributed by atoms with Gasteiger partial charge in [0.2, 0.25) is 16.0 Å². The number of thiazole rings is 1. The summed E-state index contributed by atoms with van der Waals surface area (Å²) in [6.07, 6.45) is -1.26. The fourth-order valence-electron chi connectivity index (χ4n) is 2.82. The Kier molecular flexibility index (Phi) is 6.53. The summed E-state index contributed by atoms with van der Waals surface area (Å²) in [4.78, 5) is 28.5. The molecular weight excluding hydrogens is 467 g/mol. The van der Waals surface area contributed by atoms with Crippen LogP contribution in [-0.2, 0) is 6.18 Å². The number of benzene rings is 2. The van der Waals surface area contributed by atoms with Crippen LogP contribution in [-0.4, -0.2) is 20.9 Å². The molecule has 8 nitrogen and oxygen atoms in total. The molecule has 0 fully saturated rings. The smallest absolute Gasteiger partial charge is 0.324 e. The standard InChI is InChI=1S/C22H15F3N7OS/c1-13-5-6-16(30-32-31-19(33)14-3-2-4-15(11-14)22(23,24)25)12-18(13)29-21-27-8-7-17(28-21)20-26-9-10-34-20/h2-12H,1H3,(H,27,28,29)/q+1. The zero-order chi connectivity index (χ0) is 24.1. The van der Waals surface area contributed by atoms with E-state index >= 15 is 0 Å². The molecule has 4 aromatic rings. The van der Waals surface area contributed by atoms with E-state index in [1.54, 1.807) is 36.7 Å². The average Bonchev–Trinajstić information content (AvgIpc) is 3.36. The van der Waals surface area contributed by atoms with Gasteiger partial charge in [0.1, 0.15) is 10.7 Å². The summed E-state index contributed by atoms with van der Waals surface area (Å²) in [5, 5.41) is 13.0. The van der Waals surface area contributed by atoms with Crippen LogP contribution < -0.4 is 10.2 Å². The lowest BCUT2D eigenvalue weighted by Gasteiger charge is -2.08. The van der Waals surface area contributed by atoms with E-state index in [0.29, 0.717) is 23.0 Å². The van der Waals surface area contributed by atoms with Crippen LogP contribution in [0.2, 0.25) is 0 Å². The molecule has 4 rings (SSSR count). The Morgan fingerprint density at radius 3 is 2.71 bits per heavy atom. The largest absolute Gasteiger partial charge is 0.416 e. The molecule has 0 aliphatic carbocycles. The van der Waals surface area contributed by atoms with Gasteiger partial charge in [0.25, 0.3) is 0 Å². The van der Waals surface area contributed by atoms with Gasteiger partial charge in [-0.1, -0.05) is 12.1 Å². The highest BCUT2D eigenvalue weighted by atomic mass is 32.1. The van der Waals surface area contributed by atoms with Gasteiger partial charge in [-0.15, -0.1) is 11.3 Å². The van der Waals surface area contributed by atoms with Gasteiger partial charge in [-0.2, -0.15) is 13.2 Å². The summed E-state index contributed by atoms with van der Waals surface area (Å²) in [6, 6.07) is 10.8. The van der Waals surface area contributed by atoms with E-state index in [-0.39, 0.29) is 5.56 Å². The Balaban J connectivity index is 1.52. The van der Waals surface area contributed by atoms with Crippen molar-refractivity contribution in [2.24, 2.45) is 10.2 Å². The number of aryl methyl sites for hydroxylation is 1. The molecule has 1 amide bonds. The molecular formula is C22H15F3N7OS+. The van der Waals surface area contributed by atoms with Crippen molar-refractivity contribution >= 4 is 34.6 Å². The molecule has 0 saturated heterocycles. The monoisotopic (exact) mass is 482 g/mol. The number of carbonyl (C=O) groups excluding carboxylic acids is 1. The summed E-state index contributed by atoms with van der Waals surface area (Å²) in [7, 11) is 0. The number of hydrogen-bond donors (Lipinski definition) is 1. The Morgan fingerprint density at radius 2 is 1.94 bits per heavy atom. The van der Waals surface area contributed by atoms with Gasteiger partial charge in [-0.25, -0.2) is 15.0 Å². The quantitative estimate of drug-likeness (QED) is 0.273. The molecule has 0 bridgehead atoms. The van der Waals surface area contributed by atoms with E-state index in [0.717, 1.165) is 28.8 Å². The normalized spacial score (nSPS) is 10.9. The van der Waals surface area contributed by atoms with E-state index in [1.807, 2.05) is 12.3 Å². The van der Waals surface area contributed by atoms with Crippen LogP contribution in [0.15, 0.2) is 76.5 Å². The number of amides is 1. The minimum Gasteiger partial charge on any atom is -0.324 e. The predicted molar refractivity (Wildman–Crippen MR) is 120 cm³/mol. The zero-order valence-electron chi connectivity index (χ0n) is 17.5. The Labute approximate surface area is 195 Å². The molecule has 2 heterocycles. The second-order valence-electron chi connectivity index (χ2n) is 6.90. The molecule has 170 valence electrons. The number of alkyl halides is 3. The Hall–Kier alpha value is -4.28. The number of hydrogen-bond acceptors (Lipinski definition) is 7. The number of aromatic nitrogens is 3. The van der Waals surface area contributed by atoms with E-state index in [1.165, 1.54) is 17.4 Å². The van der Waals surface area contributed by atoms with Crippen LogP contribution in [0.1, 0.15) is 21.5 Å². The lowest BCUT2D eigenvalue weighted by atomic mass is 10.1. The van der Waals surface area contributed by atoms with Gasteiger partial charge in [-0.3, -0.25) is 4.79 Å². The number of nitrogens with zero attached hydrogens (tertiary/aromatic N) is 6. The number of anilines is 2. The van der Waals surface area contributed by atoms with E-state index in [4.69, 9.17) is 0 Å². The lowest BCUT2D eigenvalue weighted by molar-refractivity contribution is -0.137. The maximum absolute atomic E-state index is 12.8. The lowest BCUT2D eigenvalue weighted by Crippen LogP contribution is -2.06. The van der Waals surface area contributed by atoms with Crippen LogP contribution in [0.3, 0.4) is 0 Å². The summed E-state index contributed by atoms with van der Waals surface area (Å²) in [6.45, 7) is 1.87. The molecule has 1 N–H and O–H groups in total. The first-order valence-corrected chi connectivity index (χ1v) is 10.6. The van der Waals surface area contributed by atoms with Crippen molar-refractivity contribution in [3.63, 3.8) is 0 Å². The van der Waals surface area contributed by atoms with Crippen LogP contribution in [0.4, 0.5) is 30.5 Å². The number of nitrogens with one attached hydrogen (secondary N) is 1. The van der Waals surface area contributed by atoms with Crippen LogP contribution in [0.5, 0.6) is 0 Å². The average molecular weight is 482 g/mol. The molecule has 0 atom stereocenters. The van der Waals surface area contributed by atoms with Gasteiger partial charge in [-0.05, 0) is 48.9 Å². The topological polar surface area (TPSA) is 107 Å². The summed E-state index contributed by atoms with van der Waals surface area (Å²) in [5.74, 6) is -0.581. The maximum Gasteiger partial charge on any atom is 0.416 e. The SMILES string of the molecule is Cc1ccc(N=[N+]=NC(=O)c2cccc(C(F)(F)F)c2)cc1Nc1nccc(-c2nccs2)n1. The first-order chi connectivity index (χ1) is 16.3. The second-order valence-corrected chi connectivity index (χ2v) is 7.79. The molecule has 0 saturated carbocycles. The highest BCUT2D eigenvalue weighted by Crippen LogP contribution is 2.30. The highest BCUT2D eigenvalue weighted by Gasteiger charge is 2.31. The number of carbonyl (C=O) groups is 1. The third-order valence-electron chi connectivity index (χ3n) is 4.51. The maximum atomic E-state index is 12.8. The number of rotatable bonds is 5. The Bertz CT molecular complexity index is 1400. The van der Waals surface area contributed by atoms with Gasteiger partial charge >= 0.3 is 12.1 Å². The fraction of sp³-hybridized carbons (Fsp3) is 0.0909. The van der Waals surface area contributed by atoms with Crippen molar-refractivity contribution in [2.75, 3.05) is 5.32 Å². The zero-order valence-corrected chi connectivity index (χ0v) is 18.3. The van der Waals surface area contributed by atoms with Crippen molar-refractivity contribution in [2.45, 2.75) is 13.1 Å². The first-order valence-electron chi connectivity index (χ1n) is 9.73. The molecule has 0 unspecified atom stereocenters. The van der Waals surface area contributed by atoms with Crippen molar-refractivity contribution in [3.8, 4) is 10.7 Å². The fourth-order valence-corrected chi connectivity index (χ4v) is 3.42. The van der Waals surface area contributed by atoms with Crippen LogP contribution in [0.25, 0.3) is 10.7 Å². The minimum absolute atomic E-state index is 0.239. The summed E-state index contributed by atoms with van der Waals surface area (Å²) >= 11 is 1.46. The van der Waals surface area contributed by atoms with E-state index < -0.39 is 17.6 Å². The minimum atomic E-state index is -4.56. The van der Waals surface area contributed by atoms with E-state index in [9.17, 15) is 18.0 Å². The van der Waals surface area contributed by atoms with Gasteiger partial charge in [0.05, 0.1) is 5.56 Å². The molecule has 0 aliphatic heterocycles. The van der Waals surface area contributed by atoms with Crippen molar-refractivity contribution in [1.29, 1.82) is 0 Å². The molecule has 0 aliphatic rings.